The summed E-state index contributed by atoms with van der Waals surface area (Å²) in [5.74, 6) is -0.288. The number of benzene rings is 2. The first-order valence-corrected chi connectivity index (χ1v) is 11.9. The predicted octanol–water partition coefficient (Wildman–Crippen LogP) is 3.64. The zero-order chi connectivity index (χ0) is 21.7. The SMILES string of the molecule is CN(C)c1ccc(CNC(=O)c2cccc(S(=O)(=O)N(C)C3CCCCC3)c2)cc1. The molecule has 3 rings (SSSR count). The molecule has 0 aliphatic heterocycles. The quantitative estimate of drug-likeness (QED) is 0.730. The van der Waals surface area contributed by atoms with Crippen molar-refractivity contribution in [2.75, 3.05) is 26.0 Å². The second-order valence-electron chi connectivity index (χ2n) is 8.08. The molecule has 2 aromatic carbocycles. The van der Waals surface area contributed by atoms with Gasteiger partial charge in [0.25, 0.3) is 5.91 Å². The van der Waals surface area contributed by atoms with Gasteiger partial charge in [-0.3, -0.25) is 4.79 Å². The van der Waals surface area contributed by atoms with Gasteiger partial charge in [0.15, 0.2) is 0 Å². The summed E-state index contributed by atoms with van der Waals surface area (Å²) in [7, 11) is 1.97. The molecule has 7 heteroatoms. The lowest BCUT2D eigenvalue weighted by atomic mass is 9.96. The molecule has 162 valence electrons. The average Bonchev–Trinajstić information content (AvgIpc) is 2.77. The van der Waals surface area contributed by atoms with Crippen molar-refractivity contribution in [1.29, 1.82) is 0 Å². The number of nitrogens with zero attached hydrogens (tertiary/aromatic N) is 2. The zero-order valence-electron chi connectivity index (χ0n) is 18.0. The van der Waals surface area contributed by atoms with Crippen LogP contribution in [0.15, 0.2) is 53.4 Å². The minimum absolute atomic E-state index is 0.0337. The van der Waals surface area contributed by atoms with E-state index >= 15 is 0 Å². The Balaban J connectivity index is 1.68. The molecule has 1 amide bonds. The summed E-state index contributed by atoms with van der Waals surface area (Å²) >= 11 is 0. The minimum atomic E-state index is -3.63. The highest BCUT2D eigenvalue weighted by molar-refractivity contribution is 7.89. The third-order valence-electron chi connectivity index (χ3n) is 5.77. The Morgan fingerprint density at radius 2 is 1.67 bits per heavy atom. The molecule has 6 nitrogen and oxygen atoms in total. The number of rotatable bonds is 7. The van der Waals surface area contributed by atoms with Crippen LogP contribution in [-0.2, 0) is 16.6 Å². The summed E-state index contributed by atoms with van der Waals surface area (Å²) in [6.07, 6.45) is 5.06. The Morgan fingerprint density at radius 1 is 1.00 bits per heavy atom. The molecule has 2 aromatic rings. The third kappa shape index (κ3) is 5.21. The van der Waals surface area contributed by atoms with Gasteiger partial charge < -0.3 is 10.2 Å². The second kappa shape index (κ2) is 9.62. The summed E-state index contributed by atoms with van der Waals surface area (Å²) in [6.45, 7) is 0.380. The van der Waals surface area contributed by atoms with Crippen LogP contribution in [0.4, 0.5) is 5.69 Å². The number of carbonyl (C=O) groups is 1. The van der Waals surface area contributed by atoms with Gasteiger partial charge in [-0.2, -0.15) is 4.31 Å². The minimum Gasteiger partial charge on any atom is -0.378 e. The normalized spacial score (nSPS) is 15.2. The van der Waals surface area contributed by atoms with E-state index in [0.29, 0.717) is 12.1 Å². The van der Waals surface area contributed by atoms with Crippen molar-refractivity contribution in [3.8, 4) is 0 Å². The van der Waals surface area contributed by atoms with E-state index in [1.165, 1.54) is 10.4 Å². The standard InChI is InChI=1S/C23H31N3O3S/c1-25(2)20-14-12-18(13-15-20)17-24-23(27)19-8-7-11-22(16-19)30(28,29)26(3)21-9-5-4-6-10-21/h7-8,11-16,21H,4-6,9-10,17H2,1-3H3,(H,24,27). The summed E-state index contributed by atoms with van der Waals surface area (Å²) in [6, 6.07) is 14.3. The summed E-state index contributed by atoms with van der Waals surface area (Å²) in [5, 5.41) is 2.87. The van der Waals surface area contributed by atoms with E-state index < -0.39 is 10.0 Å². The van der Waals surface area contributed by atoms with Crippen LogP contribution in [0.5, 0.6) is 0 Å². The Hall–Kier alpha value is -2.38. The topological polar surface area (TPSA) is 69.7 Å². The molecule has 1 aliphatic rings. The van der Waals surface area contributed by atoms with Crippen LogP contribution in [0.25, 0.3) is 0 Å². The van der Waals surface area contributed by atoms with Crippen LogP contribution in [0.2, 0.25) is 0 Å². The Kier molecular flexibility index (Phi) is 7.15. The maximum atomic E-state index is 13.1. The maximum Gasteiger partial charge on any atom is 0.251 e. The number of hydrogen-bond acceptors (Lipinski definition) is 4. The van der Waals surface area contributed by atoms with E-state index in [-0.39, 0.29) is 16.8 Å². The van der Waals surface area contributed by atoms with Crippen molar-refractivity contribution in [1.82, 2.24) is 9.62 Å². The van der Waals surface area contributed by atoms with Crippen LogP contribution in [-0.4, -0.2) is 45.8 Å². The average molecular weight is 430 g/mol. The molecule has 0 unspecified atom stereocenters. The first kappa shape index (κ1) is 22.3. The second-order valence-corrected chi connectivity index (χ2v) is 10.1. The Labute approximate surface area is 179 Å². The smallest absolute Gasteiger partial charge is 0.251 e. The van der Waals surface area contributed by atoms with E-state index in [0.717, 1.165) is 43.4 Å². The van der Waals surface area contributed by atoms with E-state index in [2.05, 4.69) is 5.32 Å². The summed E-state index contributed by atoms with van der Waals surface area (Å²) < 4.78 is 27.6. The van der Waals surface area contributed by atoms with Crippen LogP contribution < -0.4 is 10.2 Å². The fourth-order valence-corrected chi connectivity index (χ4v) is 5.26. The van der Waals surface area contributed by atoms with Gasteiger partial charge in [-0.25, -0.2) is 8.42 Å². The molecule has 0 saturated heterocycles. The highest BCUT2D eigenvalue weighted by Crippen LogP contribution is 2.26. The van der Waals surface area contributed by atoms with E-state index in [4.69, 9.17) is 0 Å². The molecular formula is C23H31N3O3S. The highest BCUT2D eigenvalue weighted by Gasteiger charge is 2.29. The molecule has 0 atom stereocenters. The van der Waals surface area contributed by atoms with E-state index in [9.17, 15) is 13.2 Å². The number of anilines is 1. The van der Waals surface area contributed by atoms with Gasteiger partial charge in [0, 0.05) is 45.0 Å². The van der Waals surface area contributed by atoms with Gasteiger partial charge in [0.2, 0.25) is 10.0 Å². The molecule has 0 aromatic heterocycles. The largest absolute Gasteiger partial charge is 0.378 e. The number of amides is 1. The monoisotopic (exact) mass is 429 g/mol. The fraction of sp³-hybridized carbons (Fsp3) is 0.435. The predicted molar refractivity (Wildman–Crippen MR) is 120 cm³/mol. The maximum absolute atomic E-state index is 13.1. The lowest BCUT2D eigenvalue weighted by Gasteiger charge is -2.30. The van der Waals surface area contributed by atoms with Gasteiger partial charge in [-0.1, -0.05) is 37.5 Å². The van der Waals surface area contributed by atoms with Crippen molar-refractivity contribution in [2.24, 2.45) is 0 Å². The van der Waals surface area contributed by atoms with Crippen molar-refractivity contribution in [3.05, 3.63) is 59.7 Å². The van der Waals surface area contributed by atoms with Crippen molar-refractivity contribution in [3.63, 3.8) is 0 Å². The Morgan fingerprint density at radius 3 is 2.30 bits per heavy atom. The molecule has 30 heavy (non-hydrogen) atoms. The van der Waals surface area contributed by atoms with Crippen molar-refractivity contribution in [2.45, 2.75) is 49.6 Å². The van der Waals surface area contributed by atoms with Gasteiger partial charge in [0.05, 0.1) is 4.90 Å². The lowest BCUT2D eigenvalue weighted by molar-refractivity contribution is 0.0950. The van der Waals surface area contributed by atoms with Crippen molar-refractivity contribution < 1.29 is 13.2 Å². The molecule has 0 spiro atoms. The molecule has 0 radical (unpaired) electrons. The molecule has 1 fully saturated rings. The van der Waals surface area contributed by atoms with Gasteiger partial charge in [0.1, 0.15) is 0 Å². The van der Waals surface area contributed by atoms with Gasteiger partial charge in [-0.05, 0) is 48.7 Å². The number of carbonyl (C=O) groups excluding carboxylic acids is 1. The molecular weight excluding hydrogens is 398 g/mol. The molecule has 1 aliphatic carbocycles. The number of sulfonamides is 1. The molecule has 0 bridgehead atoms. The fourth-order valence-electron chi connectivity index (χ4n) is 3.80. The first-order valence-electron chi connectivity index (χ1n) is 10.4. The summed E-state index contributed by atoms with van der Waals surface area (Å²) in [4.78, 5) is 14.8. The molecule has 1 N–H and O–H groups in total. The third-order valence-corrected chi connectivity index (χ3v) is 7.67. The number of hydrogen-bond donors (Lipinski definition) is 1. The van der Waals surface area contributed by atoms with Crippen LogP contribution in [0, 0.1) is 0 Å². The van der Waals surface area contributed by atoms with E-state index in [1.54, 1.807) is 25.2 Å². The van der Waals surface area contributed by atoms with Crippen LogP contribution in [0.1, 0.15) is 48.0 Å². The lowest BCUT2D eigenvalue weighted by Crippen LogP contribution is -2.38. The summed E-state index contributed by atoms with van der Waals surface area (Å²) in [5.41, 5.74) is 2.41. The van der Waals surface area contributed by atoms with Crippen molar-refractivity contribution >= 4 is 21.6 Å². The highest BCUT2D eigenvalue weighted by atomic mass is 32.2. The first-order chi connectivity index (χ1) is 14.3. The van der Waals surface area contributed by atoms with Gasteiger partial charge >= 0.3 is 0 Å². The zero-order valence-corrected chi connectivity index (χ0v) is 18.8. The van der Waals surface area contributed by atoms with Gasteiger partial charge in [-0.15, -0.1) is 0 Å². The molecule has 0 heterocycles. The van der Waals surface area contributed by atoms with Crippen LogP contribution >= 0.6 is 0 Å². The molecule has 1 saturated carbocycles. The Bertz CT molecular complexity index is 965. The number of nitrogens with one attached hydrogen (secondary N) is 1. The van der Waals surface area contributed by atoms with E-state index in [1.807, 2.05) is 43.3 Å². The van der Waals surface area contributed by atoms with Crippen LogP contribution in [0.3, 0.4) is 0 Å².